The van der Waals surface area contributed by atoms with Crippen LogP contribution >= 0.6 is 22.9 Å². The molecule has 0 aliphatic rings. The third-order valence-corrected chi connectivity index (χ3v) is 5.41. The van der Waals surface area contributed by atoms with E-state index in [4.69, 9.17) is 21.1 Å². The number of ether oxygens (including phenoxy) is 2. The van der Waals surface area contributed by atoms with Crippen LogP contribution in [-0.2, 0) is 4.79 Å². The standard InChI is InChI=1S/C19H21ClN4O3S/c1-10(2)19-24-18-14(28-19)6-5-13(17(18)20)27-16-8-21-15(7-22-16)26-9-11(3)23-12(4)25/h5-8,10-11H,9H2,1-4H3,(H,23,25)/t11-/m0/s1. The van der Waals surface area contributed by atoms with Crippen LogP contribution in [0.15, 0.2) is 24.5 Å². The monoisotopic (exact) mass is 420 g/mol. The summed E-state index contributed by atoms with van der Waals surface area (Å²) < 4.78 is 12.3. The number of nitrogens with zero attached hydrogens (tertiary/aromatic N) is 3. The van der Waals surface area contributed by atoms with Gasteiger partial charge in [-0.15, -0.1) is 11.3 Å². The molecule has 1 aromatic carbocycles. The number of hydrogen-bond acceptors (Lipinski definition) is 7. The van der Waals surface area contributed by atoms with Gasteiger partial charge in [0.25, 0.3) is 0 Å². The van der Waals surface area contributed by atoms with E-state index in [2.05, 4.69) is 34.1 Å². The third-order valence-electron chi connectivity index (χ3n) is 3.72. The van der Waals surface area contributed by atoms with Crippen LogP contribution in [0, 0.1) is 0 Å². The first kappa shape index (κ1) is 20.3. The fraction of sp³-hybridized carbons (Fsp3) is 0.368. The van der Waals surface area contributed by atoms with E-state index >= 15 is 0 Å². The largest absolute Gasteiger partial charge is 0.474 e. The first-order chi connectivity index (χ1) is 13.3. The molecule has 148 valence electrons. The van der Waals surface area contributed by atoms with Gasteiger partial charge in [0.2, 0.25) is 17.7 Å². The van der Waals surface area contributed by atoms with Crippen molar-refractivity contribution in [2.24, 2.45) is 0 Å². The molecule has 3 aromatic rings. The van der Waals surface area contributed by atoms with Crippen LogP contribution in [-0.4, -0.2) is 33.5 Å². The number of aromatic nitrogens is 3. The Morgan fingerprint density at radius 1 is 1.21 bits per heavy atom. The highest BCUT2D eigenvalue weighted by atomic mass is 35.5. The third kappa shape index (κ3) is 4.88. The van der Waals surface area contributed by atoms with Crippen molar-refractivity contribution in [3.05, 3.63) is 34.6 Å². The van der Waals surface area contributed by atoms with E-state index in [0.29, 0.717) is 35.1 Å². The van der Waals surface area contributed by atoms with Gasteiger partial charge in [-0.1, -0.05) is 25.4 Å². The van der Waals surface area contributed by atoms with E-state index in [1.165, 1.54) is 19.3 Å². The molecule has 1 atom stereocenters. The Labute approximate surface area is 172 Å². The molecule has 28 heavy (non-hydrogen) atoms. The van der Waals surface area contributed by atoms with Gasteiger partial charge in [0, 0.05) is 12.8 Å². The summed E-state index contributed by atoms with van der Waals surface area (Å²) in [6.45, 7) is 7.78. The lowest BCUT2D eigenvalue weighted by molar-refractivity contribution is -0.119. The number of halogens is 1. The fourth-order valence-electron chi connectivity index (χ4n) is 2.43. The van der Waals surface area contributed by atoms with E-state index in [9.17, 15) is 4.79 Å². The van der Waals surface area contributed by atoms with Crippen molar-refractivity contribution >= 4 is 39.1 Å². The van der Waals surface area contributed by atoms with Crippen molar-refractivity contribution in [3.8, 4) is 17.5 Å². The van der Waals surface area contributed by atoms with Gasteiger partial charge in [0.05, 0.1) is 28.1 Å². The molecule has 2 heterocycles. The van der Waals surface area contributed by atoms with Gasteiger partial charge in [-0.05, 0) is 19.1 Å². The Kier molecular flexibility index (Phi) is 6.31. The molecule has 0 fully saturated rings. The number of fused-ring (bicyclic) bond motifs is 1. The first-order valence-electron chi connectivity index (χ1n) is 8.82. The zero-order chi connectivity index (χ0) is 20.3. The smallest absolute Gasteiger partial charge is 0.238 e. The SMILES string of the molecule is CC(=O)N[C@@H](C)COc1cnc(Oc2ccc3sc(C(C)C)nc3c2Cl)cn1. The summed E-state index contributed by atoms with van der Waals surface area (Å²) in [5, 5.41) is 4.21. The average molecular weight is 421 g/mol. The molecule has 0 saturated heterocycles. The Morgan fingerprint density at radius 2 is 1.93 bits per heavy atom. The number of carbonyl (C=O) groups excluding carboxylic acids is 1. The predicted molar refractivity (Wildman–Crippen MR) is 110 cm³/mol. The van der Waals surface area contributed by atoms with Crippen molar-refractivity contribution in [2.45, 2.75) is 39.7 Å². The molecular weight excluding hydrogens is 400 g/mol. The Balaban J connectivity index is 1.68. The maximum absolute atomic E-state index is 11.0. The Morgan fingerprint density at radius 3 is 2.57 bits per heavy atom. The number of nitrogens with one attached hydrogen (secondary N) is 1. The minimum Gasteiger partial charge on any atom is -0.474 e. The number of hydrogen-bond donors (Lipinski definition) is 1. The lowest BCUT2D eigenvalue weighted by Crippen LogP contribution is -2.35. The Bertz CT molecular complexity index is 975. The van der Waals surface area contributed by atoms with Gasteiger partial charge in [0.15, 0.2) is 0 Å². The number of carbonyl (C=O) groups is 1. The molecule has 0 aliphatic carbocycles. The van der Waals surface area contributed by atoms with Crippen LogP contribution in [0.2, 0.25) is 5.02 Å². The van der Waals surface area contributed by atoms with Crippen LogP contribution in [0.25, 0.3) is 10.2 Å². The van der Waals surface area contributed by atoms with Crippen molar-refractivity contribution in [1.82, 2.24) is 20.3 Å². The second-order valence-corrected chi connectivity index (χ2v) is 8.08. The lowest BCUT2D eigenvalue weighted by Gasteiger charge is -2.13. The second-order valence-electron chi connectivity index (χ2n) is 6.64. The van der Waals surface area contributed by atoms with Gasteiger partial charge in [0.1, 0.15) is 22.9 Å². The van der Waals surface area contributed by atoms with Crippen molar-refractivity contribution < 1.29 is 14.3 Å². The summed E-state index contributed by atoms with van der Waals surface area (Å²) in [5.74, 6) is 1.33. The molecular formula is C19H21ClN4O3S. The van der Waals surface area contributed by atoms with Crippen LogP contribution in [0.3, 0.4) is 0 Å². The summed E-state index contributed by atoms with van der Waals surface area (Å²) in [4.78, 5) is 24.0. The lowest BCUT2D eigenvalue weighted by atomic mass is 10.2. The van der Waals surface area contributed by atoms with Crippen molar-refractivity contribution in [1.29, 1.82) is 0 Å². The number of amides is 1. The fourth-order valence-corrected chi connectivity index (χ4v) is 3.71. The van der Waals surface area contributed by atoms with Gasteiger partial charge < -0.3 is 14.8 Å². The predicted octanol–water partition coefficient (Wildman–Crippen LogP) is 4.56. The summed E-state index contributed by atoms with van der Waals surface area (Å²) in [5.41, 5.74) is 0.729. The first-order valence-corrected chi connectivity index (χ1v) is 10.0. The number of rotatable bonds is 7. The van der Waals surface area contributed by atoms with Crippen LogP contribution in [0.5, 0.6) is 17.5 Å². The van der Waals surface area contributed by atoms with Crippen LogP contribution in [0.1, 0.15) is 38.6 Å². The molecule has 7 nitrogen and oxygen atoms in total. The van der Waals surface area contributed by atoms with Gasteiger partial charge in [-0.3, -0.25) is 4.79 Å². The minimum absolute atomic E-state index is 0.111. The highest BCUT2D eigenvalue weighted by Gasteiger charge is 2.15. The minimum atomic E-state index is -0.130. The molecule has 0 radical (unpaired) electrons. The van der Waals surface area contributed by atoms with E-state index in [1.807, 2.05) is 13.0 Å². The maximum Gasteiger partial charge on any atom is 0.238 e. The molecule has 9 heteroatoms. The van der Waals surface area contributed by atoms with Crippen LogP contribution in [0.4, 0.5) is 0 Å². The van der Waals surface area contributed by atoms with Crippen LogP contribution < -0.4 is 14.8 Å². The highest BCUT2D eigenvalue weighted by molar-refractivity contribution is 7.18. The summed E-state index contributed by atoms with van der Waals surface area (Å²) in [7, 11) is 0. The highest BCUT2D eigenvalue weighted by Crippen LogP contribution is 2.38. The Hall–Kier alpha value is -2.45. The number of thiazole rings is 1. The molecule has 0 bridgehead atoms. The summed E-state index contributed by atoms with van der Waals surface area (Å²) in [6, 6.07) is 3.61. The quantitative estimate of drug-likeness (QED) is 0.603. The topological polar surface area (TPSA) is 86.2 Å². The van der Waals surface area contributed by atoms with E-state index in [1.54, 1.807) is 17.4 Å². The molecule has 2 aromatic heterocycles. The van der Waals surface area contributed by atoms with E-state index < -0.39 is 0 Å². The molecule has 1 amide bonds. The molecule has 3 rings (SSSR count). The molecule has 0 spiro atoms. The van der Waals surface area contributed by atoms with E-state index in [-0.39, 0.29) is 11.9 Å². The van der Waals surface area contributed by atoms with Crippen molar-refractivity contribution in [2.75, 3.05) is 6.61 Å². The van der Waals surface area contributed by atoms with E-state index in [0.717, 1.165) is 15.2 Å². The number of benzene rings is 1. The maximum atomic E-state index is 11.0. The normalized spacial score (nSPS) is 12.2. The van der Waals surface area contributed by atoms with Gasteiger partial charge >= 0.3 is 0 Å². The summed E-state index contributed by atoms with van der Waals surface area (Å²) in [6.07, 6.45) is 2.92. The molecule has 0 aliphatic heterocycles. The molecule has 0 saturated carbocycles. The zero-order valence-electron chi connectivity index (χ0n) is 16.0. The zero-order valence-corrected chi connectivity index (χ0v) is 17.6. The van der Waals surface area contributed by atoms with Gasteiger partial charge in [-0.25, -0.2) is 15.0 Å². The van der Waals surface area contributed by atoms with Crippen molar-refractivity contribution in [3.63, 3.8) is 0 Å². The molecule has 0 unspecified atom stereocenters. The van der Waals surface area contributed by atoms with Gasteiger partial charge in [-0.2, -0.15) is 0 Å². The molecule has 1 N–H and O–H groups in total. The second kappa shape index (κ2) is 8.70. The summed E-state index contributed by atoms with van der Waals surface area (Å²) >= 11 is 8.10. The average Bonchev–Trinajstić information content (AvgIpc) is 3.08.